The summed E-state index contributed by atoms with van der Waals surface area (Å²) >= 11 is 1.45. The van der Waals surface area contributed by atoms with Gasteiger partial charge in [-0.3, -0.25) is 9.69 Å². The van der Waals surface area contributed by atoms with Crippen LogP contribution in [0, 0.1) is 0 Å². The summed E-state index contributed by atoms with van der Waals surface area (Å²) < 4.78 is 17.6. The number of thiazole rings is 1. The molecule has 0 aliphatic carbocycles. The molecule has 0 spiro atoms. The first-order chi connectivity index (χ1) is 16.5. The van der Waals surface area contributed by atoms with Gasteiger partial charge < -0.3 is 19.1 Å². The average Bonchev–Trinajstić information content (AvgIpc) is 3.26. The minimum atomic E-state index is -0.119. The topological polar surface area (TPSA) is 64.1 Å². The van der Waals surface area contributed by atoms with E-state index in [2.05, 4.69) is 0 Å². The molecule has 1 aromatic heterocycles. The van der Waals surface area contributed by atoms with Crippen molar-refractivity contribution in [2.45, 2.75) is 0 Å². The van der Waals surface area contributed by atoms with E-state index >= 15 is 0 Å². The number of carbonyl (C=O) groups is 1. The van der Waals surface area contributed by atoms with Gasteiger partial charge in [-0.05, 0) is 50.5 Å². The van der Waals surface area contributed by atoms with Crippen molar-refractivity contribution in [1.29, 1.82) is 0 Å². The number of aromatic nitrogens is 1. The van der Waals surface area contributed by atoms with E-state index in [-0.39, 0.29) is 5.91 Å². The number of fused-ring (bicyclic) bond motifs is 1. The predicted molar refractivity (Wildman–Crippen MR) is 136 cm³/mol. The molecule has 0 saturated heterocycles. The van der Waals surface area contributed by atoms with Crippen molar-refractivity contribution in [3.8, 4) is 23.0 Å². The molecule has 3 aromatic carbocycles. The van der Waals surface area contributed by atoms with Crippen LogP contribution in [-0.4, -0.2) is 57.2 Å². The number of hydrogen-bond acceptors (Lipinski definition) is 7. The van der Waals surface area contributed by atoms with E-state index in [0.29, 0.717) is 41.0 Å². The Kier molecular flexibility index (Phi) is 7.30. The molecule has 1 amide bonds. The second kappa shape index (κ2) is 10.5. The maximum atomic E-state index is 13.5. The van der Waals surface area contributed by atoms with Gasteiger partial charge in [0.15, 0.2) is 16.6 Å². The zero-order chi connectivity index (χ0) is 24.1. The van der Waals surface area contributed by atoms with E-state index in [1.54, 1.807) is 43.4 Å². The van der Waals surface area contributed by atoms with E-state index in [4.69, 9.17) is 19.2 Å². The van der Waals surface area contributed by atoms with Gasteiger partial charge in [0, 0.05) is 30.8 Å². The molecule has 0 unspecified atom stereocenters. The predicted octanol–water partition coefficient (Wildman–Crippen LogP) is 5.31. The molecule has 4 rings (SSSR count). The molecular weight excluding hydrogens is 450 g/mol. The smallest absolute Gasteiger partial charge is 0.260 e. The molecular formula is C26H27N3O4S. The van der Waals surface area contributed by atoms with Gasteiger partial charge in [0.25, 0.3) is 5.91 Å². The lowest BCUT2D eigenvalue weighted by Gasteiger charge is -2.22. The number of amides is 1. The molecule has 1 heterocycles. The van der Waals surface area contributed by atoms with E-state index in [0.717, 1.165) is 16.0 Å². The lowest BCUT2D eigenvalue weighted by Crippen LogP contribution is -2.36. The molecule has 0 atom stereocenters. The summed E-state index contributed by atoms with van der Waals surface area (Å²) in [5.41, 5.74) is 1.32. The fourth-order valence-electron chi connectivity index (χ4n) is 3.39. The first kappa shape index (κ1) is 23.5. The van der Waals surface area contributed by atoms with Gasteiger partial charge in [-0.15, -0.1) is 0 Å². The van der Waals surface area contributed by atoms with Gasteiger partial charge in [0.1, 0.15) is 11.5 Å². The van der Waals surface area contributed by atoms with Crippen LogP contribution in [0.3, 0.4) is 0 Å². The standard InChI is InChI=1S/C26H27N3O4S/c1-28(2)14-15-29(26-27-21-16-22(31-3)23(32-4)17-24(21)34-26)25(30)18-10-12-20(13-11-18)33-19-8-6-5-7-9-19/h5-13,16-17H,14-15H2,1-4H3. The van der Waals surface area contributed by atoms with Gasteiger partial charge >= 0.3 is 0 Å². The minimum absolute atomic E-state index is 0.119. The van der Waals surface area contributed by atoms with Crippen molar-refractivity contribution < 1.29 is 19.0 Å². The van der Waals surface area contributed by atoms with E-state index in [1.165, 1.54) is 11.3 Å². The molecule has 8 heteroatoms. The number of anilines is 1. The van der Waals surface area contributed by atoms with Crippen molar-refractivity contribution in [3.05, 3.63) is 72.3 Å². The van der Waals surface area contributed by atoms with Crippen LogP contribution < -0.4 is 19.1 Å². The monoisotopic (exact) mass is 477 g/mol. The van der Waals surface area contributed by atoms with Crippen molar-refractivity contribution in [3.63, 3.8) is 0 Å². The van der Waals surface area contributed by atoms with Crippen LogP contribution in [0.25, 0.3) is 10.2 Å². The highest BCUT2D eigenvalue weighted by Crippen LogP contribution is 2.37. The van der Waals surface area contributed by atoms with Crippen LogP contribution >= 0.6 is 11.3 Å². The zero-order valence-corrected chi connectivity index (χ0v) is 20.5. The Morgan fingerprint density at radius 1 is 0.882 bits per heavy atom. The molecule has 0 N–H and O–H groups in total. The number of para-hydroxylation sites is 1. The normalized spacial score (nSPS) is 11.0. The molecule has 0 aliphatic rings. The summed E-state index contributed by atoms with van der Waals surface area (Å²) in [6.07, 6.45) is 0. The van der Waals surface area contributed by atoms with Crippen molar-refractivity contribution >= 4 is 32.6 Å². The molecule has 0 fully saturated rings. The molecule has 176 valence electrons. The molecule has 34 heavy (non-hydrogen) atoms. The average molecular weight is 478 g/mol. The maximum absolute atomic E-state index is 13.5. The van der Waals surface area contributed by atoms with Crippen LogP contribution in [0.4, 0.5) is 5.13 Å². The lowest BCUT2D eigenvalue weighted by atomic mass is 10.2. The summed E-state index contributed by atoms with van der Waals surface area (Å²) in [6.45, 7) is 1.20. The number of methoxy groups -OCH3 is 2. The third-order valence-electron chi connectivity index (χ3n) is 5.21. The number of hydrogen-bond donors (Lipinski definition) is 0. The van der Waals surface area contributed by atoms with Crippen LogP contribution in [0.1, 0.15) is 10.4 Å². The van der Waals surface area contributed by atoms with Crippen LogP contribution in [0.15, 0.2) is 66.7 Å². The molecule has 0 saturated carbocycles. The van der Waals surface area contributed by atoms with Gasteiger partial charge in [-0.1, -0.05) is 29.5 Å². The minimum Gasteiger partial charge on any atom is -0.493 e. The second-order valence-electron chi connectivity index (χ2n) is 7.87. The molecule has 4 aromatic rings. The number of carbonyl (C=O) groups excluding carboxylic acids is 1. The highest BCUT2D eigenvalue weighted by Gasteiger charge is 2.22. The van der Waals surface area contributed by atoms with Crippen LogP contribution in [-0.2, 0) is 0 Å². The summed E-state index contributed by atoms with van der Waals surface area (Å²) in [5, 5.41) is 0.627. The summed E-state index contributed by atoms with van der Waals surface area (Å²) in [6, 6.07) is 20.4. The van der Waals surface area contributed by atoms with E-state index in [9.17, 15) is 4.79 Å². The summed E-state index contributed by atoms with van der Waals surface area (Å²) in [4.78, 5) is 22.0. The summed E-state index contributed by atoms with van der Waals surface area (Å²) in [5.74, 6) is 2.53. The molecule has 0 aliphatic heterocycles. The number of nitrogens with zero attached hydrogens (tertiary/aromatic N) is 3. The highest BCUT2D eigenvalue weighted by atomic mass is 32.1. The summed E-state index contributed by atoms with van der Waals surface area (Å²) in [7, 11) is 7.15. The van der Waals surface area contributed by atoms with Crippen molar-refractivity contribution in [1.82, 2.24) is 9.88 Å². The van der Waals surface area contributed by atoms with Crippen molar-refractivity contribution in [2.75, 3.05) is 46.3 Å². The fourth-order valence-corrected chi connectivity index (χ4v) is 4.39. The number of likely N-dealkylation sites (N-methyl/N-ethyl adjacent to an activating group) is 1. The quantitative estimate of drug-likeness (QED) is 0.325. The first-order valence-corrected chi connectivity index (χ1v) is 11.6. The second-order valence-corrected chi connectivity index (χ2v) is 8.88. The Balaban J connectivity index is 1.62. The van der Waals surface area contributed by atoms with Gasteiger partial charge in [0.05, 0.1) is 24.4 Å². The van der Waals surface area contributed by atoms with E-state index in [1.807, 2.05) is 61.5 Å². The Bertz CT molecular complexity index is 1220. The van der Waals surface area contributed by atoms with Crippen molar-refractivity contribution in [2.24, 2.45) is 0 Å². The third kappa shape index (κ3) is 5.30. The SMILES string of the molecule is COc1cc2nc(N(CCN(C)C)C(=O)c3ccc(Oc4ccccc4)cc3)sc2cc1OC. The number of rotatable bonds is 9. The van der Waals surface area contributed by atoms with Gasteiger partial charge in [-0.2, -0.15) is 0 Å². The largest absolute Gasteiger partial charge is 0.493 e. The number of ether oxygens (including phenoxy) is 3. The van der Waals surface area contributed by atoms with Crippen LogP contribution in [0.5, 0.6) is 23.0 Å². The molecule has 7 nitrogen and oxygen atoms in total. The molecule has 0 bridgehead atoms. The first-order valence-electron chi connectivity index (χ1n) is 10.8. The van der Waals surface area contributed by atoms with E-state index < -0.39 is 0 Å². The third-order valence-corrected chi connectivity index (χ3v) is 6.25. The Morgan fingerprint density at radius 2 is 1.53 bits per heavy atom. The zero-order valence-electron chi connectivity index (χ0n) is 19.6. The maximum Gasteiger partial charge on any atom is 0.260 e. The fraction of sp³-hybridized carbons (Fsp3) is 0.231. The Hall–Kier alpha value is -3.62. The Morgan fingerprint density at radius 3 is 2.18 bits per heavy atom. The molecule has 0 radical (unpaired) electrons. The Labute approximate surface area is 203 Å². The van der Waals surface area contributed by atoms with Crippen LogP contribution in [0.2, 0.25) is 0 Å². The van der Waals surface area contributed by atoms with Gasteiger partial charge in [-0.25, -0.2) is 4.98 Å². The number of benzene rings is 3. The van der Waals surface area contributed by atoms with Gasteiger partial charge in [0.2, 0.25) is 0 Å². The lowest BCUT2D eigenvalue weighted by molar-refractivity contribution is 0.0985. The highest BCUT2D eigenvalue weighted by molar-refractivity contribution is 7.22.